The van der Waals surface area contributed by atoms with Gasteiger partial charge in [-0.3, -0.25) is 4.98 Å². The predicted molar refractivity (Wildman–Crippen MR) is 111 cm³/mol. The van der Waals surface area contributed by atoms with Crippen LogP contribution in [0.4, 0.5) is 0 Å². The number of aryl methyl sites for hydroxylation is 1. The molecule has 0 radical (unpaired) electrons. The van der Waals surface area contributed by atoms with E-state index < -0.39 is 0 Å². The van der Waals surface area contributed by atoms with Gasteiger partial charge in [-0.15, -0.1) is 6.58 Å². The summed E-state index contributed by atoms with van der Waals surface area (Å²) < 4.78 is 7.98. The molecule has 0 bridgehead atoms. The van der Waals surface area contributed by atoms with Crippen molar-refractivity contribution in [3.63, 3.8) is 0 Å². The maximum Gasteiger partial charge on any atom is 0.107 e. The van der Waals surface area contributed by atoms with Crippen LogP contribution in [0.1, 0.15) is 43.1 Å². The lowest BCUT2D eigenvalue weighted by atomic mass is 9.90. The Kier molecular flexibility index (Phi) is 6.40. The number of nitrogens with zero attached hydrogens (tertiary/aromatic N) is 3. The third kappa shape index (κ3) is 4.83. The second-order valence-electron chi connectivity index (χ2n) is 7.50. The molecule has 3 aromatic rings. The molecule has 1 unspecified atom stereocenters. The summed E-state index contributed by atoms with van der Waals surface area (Å²) in [5.74, 6) is 2.06. The van der Waals surface area contributed by atoms with E-state index in [9.17, 15) is 0 Å². The van der Waals surface area contributed by atoms with Crippen LogP contribution in [0.2, 0.25) is 0 Å². The van der Waals surface area contributed by atoms with Gasteiger partial charge < -0.3 is 9.30 Å². The maximum absolute atomic E-state index is 5.74. The SMILES string of the molecule is C=CCOCC(CC(C)C)c1ccc(Cn2c(C)nc3cnccc32)cc1. The molecule has 4 heteroatoms. The van der Waals surface area contributed by atoms with Crippen molar-refractivity contribution in [3.8, 4) is 0 Å². The Bertz CT molecular complexity index is 880. The fourth-order valence-electron chi connectivity index (χ4n) is 3.54. The first-order valence-electron chi connectivity index (χ1n) is 9.62. The molecule has 0 saturated carbocycles. The van der Waals surface area contributed by atoms with E-state index in [2.05, 4.69) is 59.2 Å². The first-order chi connectivity index (χ1) is 13.1. The van der Waals surface area contributed by atoms with E-state index in [0.29, 0.717) is 18.4 Å². The van der Waals surface area contributed by atoms with Crippen molar-refractivity contribution in [1.29, 1.82) is 0 Å². The fourth-order valence-corrected chi connectivity index (χ4v) is 3.54. The third-order valence-electron chi connectivity index (χ3n) is 4.84. The molecule has 0 aliphatic heterocycles. The molecule has 1 aromatic carbocycles. The average Bonchev–Trinajstić information content (AvgIpc) is 2.97. The molecule has 2 aromatic heterocycles. The molecule has 1 atom stereocenters. The van der Waals surface area contributed by atoms with E-state index in [1.807, 2.05) is 31.5 Å². The predicted octanol–water partition coefficient (Wildman–Crippen LogP) is 5.12. The van der Waals surface area contributed by atoms with Crippen LogP contribution in [-0.2, 0) is 11.3 Å². The number of ether oxygens (including phenoxy) is 1. The van der Waals surface area contributed by atoms with Crippen molar-refractivity contribution in [2.24, 2.45) is 5.92 Å². The number of imidazole rings is 1. The zero-order valence-corrected chi connectivity index (χ0v) is 16.6. The molecule has 3 rings (SSSR count). The molecule has 0 aliphatic carbocycles. The Morgan fingerprint density at radius 1 is 1.19 bits per heavy atom. The summed E-state index contributed by atoms with van der Waals surface area (Å²) in [7, 11) is 0. The van der Waals surface area contributed by atoms with Crippen molar-refractivity contribution in [1.82, 2.24) is 14.5 Å². The first kappa shape index (κ1) is 19.3. The highest BCUT2D eigenvalue weighted by molar-refractivity contribution is 5.74. The smallest absolute Gasteiger partial charge is 0.107 e. The Morgan fingerprint density at radius 2 is 1.96 bits per heavy atom. The van der Waals surface area contributed by atoms with Crippen molar-refractivity contribution in [2.75, 3.05) is 13.2 Å². The summed E-state index contributed by atoms with van der Waals surface area (Å²) in [5.41, 5.74) is 4.69. The van der Waals surface area contributed by atoms with E-state index >= 15 is 0 Å². The molecule has 0 fully saturated rings. The van der Waals surface area contributed by atoms with Gasteiger partial charge in [-0.25, -0.2) is 4.98 Å². The van der Waals surface area contributed by atoms with Gasteiger partial charge in [0.05, 0.1) is 24.9 Å². The lowest BCUT2D eigenvalue weighted by Crippen LogP contribution is -2.11. The molecular formula is C23H29N3O. The molecule has 0 aliphatic rings. The van der Waals surface area contributed by atoms with Crippen LogP contribution in [0.25, 0.3) is 11.0 Å². The van der Waals surface area contributed by atoms with Crippen LogP contribution in [0.3, 0.4) is 0 Å². The zero-order chi connectivity index (χ0) is 19.2. The number of rotatable bonds is 9. The third-order valence-corrected chi connectivity index (χ3v) is 4.84. The number of hydrogen-bond donors (Lipinski definition) is 0. The highest BCUT2D eigenvalue weighted by Gasteiger charge is 2.14. The Labute approximate surface area is 161 Å². The molecule has 0 N–H and O–H groups in total. The summed E-state index contributed by atoms with van der Waals surface area (Å²) in [6.07, 6.45) is 6.57. The maximum atomic E-state index is 5.74. The molecule has 0 spiro atoms. The summed E-state index contributed by atoms with van der Waals surface area (Å²) in [5, 5.41) is 0. The first-order valence-corrected chi connectivity index (χ1v) is 9.62. The highest BCUT2D eigenvalue weighted by atomic mass is 16.5. The number of benzene rings is 1. The van der Waals surface area contributed by atoms with Crippen molar-refractivity contribution in [2.45, 2.75) is 39.7 Å². The van der Waals surface area contributed by atoms with Gasteiger partial charge in [0.1, 0.15) is 11.3 Å². The van der Waals surface area contributed by atoms with Gasteiger partial charge in [0.15, 0.2) is 0 Å². The Balaban J connectivity index is 1.76. The minimum absolute atomic E-state index is 0.417. The van der Waals surface area contributed by atoms with Crippen LogP contribution in [0.15, 0.2) is 55.4 Å². The van der Waals surface area contributed by atoms with E-state index in [1.165, 1.54) is 11.1 Å². The molecular weight excluding hydrogens is 334 g/mol. The Hall–Kier alpha value is -2.46. The fraction of sp³-hybridized carbons (Fsp3) is 0.391. The topological polar surface area (TPSA) is 39.9 Å². The standard InChI is InChI=1S/C23H29N3O/c1-5-12-27-16-21(13-17(2)3)20-8-6-19(7-9-20)15-26-18(4)25-22-14-24-11-10-23(22)26/h5-11,14,17,21H,1,12-13,15-16H2,2-4H3. The van der Waals surface area contributed by atoms with E-state index in [0.717, 1.165) is 36.4 Å². The lowest BCUT2D eigenvalue weighted by Gasteiger charge is -2.20. The number of aromatic nitrogens is 3. The summed E-state index contributed by atoms with van der Waals surface area (Å²) in [6.45, 7) is 12.5. The van der Waals surface area contributed by atoms with Crippen LogP contribution in [-0.4, -0.2) is 27.7 Å². The monoisotopic (exact) mass is 363 g/mol. The summed E-state index contributed by atoms with van der Waals surface area (Å²) >= 11 is 0. The molecule has 4 nitrogen and oxygen atoms in total. The van der Waals surface area contributed by atoms with Gasteiger partial charge >= 0.3 is 0 Å². The quantitative estimate of drug-likeness (QED) is 0.391. The normalized spacial score (nSPS) is 12.6. The molecule has 142 valence electrons. The van der Waals surface area contributed by atoms with Crippen LogP contribution in [0.5, 0.6) is 0 Å². The van der Waals surface area contributed by atoms with Gasteiger partial charge in [0.25, 0.3) is 0 Å². The molecule has 27 heavy (non-hydrogen) atoms. The zero-order valence-electron chi connectivity index (χ0n) is 16.6. The van der Waals surface area contributed by atoms with E-state index in [-0.39, 0.29) is 0 Å². The van der Waals surface area contributed by atoms with Crippen molar-refractivity contribution < 1.29 is 4.74 Å². The second-order valence-corrected chi connectivity index (χ2v) is 7.50. The van der Waals surface area contributed by atoms with Gasteiger partial charge in [-0.05, 0) is 36.5 Å². The van der Waals surface area contributed by atoms with Crippen LogP contribution >= 0.6 is 0 Å². The number of fused-ring (bicyclic) bond motifs is 1. The highest BCUT2D eigenvalue weighted by Crippen LogP contribution is 2.25. The van der Waals surface area contributed by atoms with Gasteiger partial charge in [-0.2, -0.15) is 0 Å². The average molecular weight is 364 g/mol. The number of hydrogen-bond acceptors (Lipinski definition) is 3. The van der Waals surface area contributed by atoms with E-state index in [1.54, 1.807) is 0 Å². The summed E-state index contributed by atoms with van der Waals surface area (Å²) in [4.78, 5) is 8.77. The minimum atomic E-state index is 0.417. The Morgan fingerprint density at radius 3 is 2.67 bits per heavy atom. The lowest BCUT2D eigenvalue weighted by molar-refractivity contribution is 0.139. The molecule has 0 saturated heterocycles. The molecule has 2 heterocycles. The largest absolute Gasteiger partial charge is 0.377 e. The van der Waals surface area contributed by atoms with Gasteiger partial charge in [0.2, 0.25) is 0 Å². The van der Waals surface area contributed by atoms with Crippen LogP contribution < -0.4 is 0 Å². The van der Waals surface area contributed by atoms with Crippen molar-refractivity contribution >= 4 is 11.0 Å². The van der Waals surface area contributed by atoms with E-state index in [4.69, 9.17) is 4.74 Å². The minimum Gasteiger partial charge on any atom is -0.377 e. The number of pyridine rings is 1. The van der Waals surface area contributed by atoms with Crippen molar-refractivity contribution in [3.05, 3.63) is 72.3 Å². The van der Waals surface area contributed by atoms with Gasteiger partial charge in [0, 0.05) is 18.7 Å². The molecule has 0 amide bonds. The van der Waals surface area contributed by atoms with Crippen LogP contribution in [0, 0.1) is 12.8 Å². The summed E-state index contributed by atoms with van der Waals surface area (Å²) in [6, 6.07) is 11.0. The van der Waals surface area contributed by atoms with Gasteiger partial charge in [-0.1, -0.05) is 44.2 Å². The second kappa shape index (κ2) is 8.96.